The van der Waals surface area contributed by atoms with E-state index in [0.717, 1.165) is 42.4 Å². The minimum atomic E-state index is -0.229. The fourth-order valence-corrected chi connectivity index (χ4v) is 6.44. The summed E-state index contributed by atoms with van der Waals surface area (Å²) in [5.41, 5.74) is 3.64. The predicted molar refractivity (Wildman–Crippen MR) is 143 cm³/mol. The van der Waals surface area contributed by atoms with Gasteiger partial charge in [-0.1, -0.05) is 48.5 Å². The molecule has 0 fully saturated rings. The molecule has 6 heteroatoms. The van der Waals surface area contributed by atoms with E-state index in [1.807, 2.05) is 88.8 Å². The van der Waals surface area contributed by atoms with Crippen LogP contribution in [-0.2, 0) is 0 Å². The molecule has 0 spiro atoms. The number of Topliss-reactive ketones (excluding diaryl/α,β-unsaturated/α-hetero) is 2. The van der Waals surface area contributed by atoms with Crippen molar-refractivity contribution >= 4 is 61.4 Å². The lowest BCUT2D eigenvalue weighted by molar-refractivity contribution is 0.0990. The minimum Gasteiger partial charge on any atom is -0.294 e. The summed E-state index contributed by atoms with van der Waals surface area (Å²) in [7, 11) is 0. The average Bonchev–Trinajstić information content (AvgIpc) is 3.65. The number of para-hydroxylation sites is 1. The zero-order chi connectivity index (χ0) is 23.5. The van der Waals surface area contributed by atoms with Gasteiger partial charge in [-0.15, -0.1) is 22.7 Å². The second-order valence-electron chi connectivity index (χ2n) is 8.39. The summed E-state index contributed by atoms with van der Waals surface area (Å²) in [5, 5.41) is 4.90. The Hall–Kier alpha value is -4.13. The van der Waals surface area contributed by atoms with Crippen molar-refractivity contribution in [2.24, 2.45) is 0 Å². The Morgan fingerprint density at radius 3 is 2.11 bits per heavy atom. The number of carbonyl (C=O) groups excluding carboxylic acids is 2. The Morgan fingerprint density at radius 1 is 0.771 bits per heavy atom. The molecule has 3 aromatic heterocycles. The molecule has 6 aromatic rings. The van der Waals surface area contributed by atoms with Crippen LogP contribution in [-0.4, -0.2) is 21.1 Å². The Labute approximate surface area is 208 Å². The third-order valence-corrected chi connectivity index (χ3v) is 8.32. The molecule has 4 nitrogen and oxygen atoms in total. The van der Waals surface area contributed by atoms with Gasteiger partial charge in [-0.25, -0.2) is 4.98 Å². The van der Waals surface area contributed by atoms with Gasteiger partial charge in [0.25, 0.3) is 0 Å². The van der Waals surface area contributed by atoms with E-state index >= 15 is 0 Å². The van der Waals surface area contributed by atoms with Crippen molar-refractivity contribution in [1.29, 1.82) is 0 Å². The summed E-state index contributed by atoms with van der Waals surface area (Å²) in [6.45, 7) is 0. The standard InChI is InChI=1S/C29H16N2O2S2/c32-26-21-13-17-7-4-5-8-18(17)14-22(21)27(33)23(26)15-20-16-25-28(31(20)19-9-2-1-3-10-19)30-29(35-25)24-11-6-12-34-24/h1-16H. The van der Waals surface area contributed by atoms with E-state index in [-0.39, 0.29) is 17.1 Å². The van der Waals surface area contributed by atoms with Crippen molar-refractivity contribution in [1.82, 2.24) is 9.55 Å². The lowest BCUT2D eigenvalue weighted by Gasteiger charge is -2.07. The van der Waals surface area contributed by atoms with Crippen molar-refractivity contribution in [2.75, 3.05) is 0 Å². The maximum Gasteiger partial charge on any atom is 0.197 e. The molecule has 0 saturated carbocycles. The highest BCUT2D eigenvalue weighted by atomic mass is 32.1. The monoisotopic (exact) mass is 488 g/mol. The molecule has 0 unspecified atom stereocenters. The number of allylic oxidation sites excluding steroid dienone is 1. The number of thiophene rings is 1. The number of thiazole rings is 1. The maximum absolute atomic E-state index is 13.4. The highest BCUT2D eigenvalue weighted by Crippen LogP contribution is 2.38. The van der Waals surface area contributed by atoms with E-state index in [1.54, 1.807) is 28.7 Å². The fourth-order valence-electron chi connectivity index (χ4n) is 4.65. The molecule has 0 bridgehead atoms. The summed E-state index contributed by atoms with van der Waals surface area (Å²) in [4.78, 5) is 32.8. The Morgan fingerprint density at radius 2 is 1.46 bits per heavy atom. The number of ketones is 2. The van der Waals surface area contributed by atoms with Crippen molar-refractivity contribution < 1.29 is 9.59 Å². The fraction of sp³-hybridized carbons (Fsp3) is 0. The first-order valence-corrected chi connectivity index (χ1v) is 12.8. The second kappa shape index (κ2) is 7.70. The van der Waals surface area contributed by atoms with Crippen LogP contribution in [0.4, 0.5) is 0 Å². The van der Waals surface area contributed by atoms with E-state index in [0.29, 0.717) is 11.1 Å². The lowest BCUT2D eigenvalue weighted by Crippen LogP contribution is -2.03. The SMILES string of the molecule is O=C1C(=Cc2cc3sc(-c4cccs4)nc3n2-c2ccccc2)C(=O)c2cc3ccccc3cc21. The molecule has 1 aliphatic rings. The topological polar surface area (TPSA) is 52.0 Å². The lowest BCUT2D eigenvalue weighted by atomic mass is 10.0. The minimum absolute atomic E-state index is 0.191. The Bertz CT molecular complexity index is 1770. The quantitative estimate of drug-likeness (QED) is 0.192. The van der Waals surface area contributed by atoms with Gasteiger partial charge < -0.3 is 0 Å². The summed E-state index contributed by atoms with van der Waals surface area (Å²) in [6, 6.07) is 27.5. The van der Waals surface area contributed by atoms with Crippen molar-refractivity contribution in [2.45, 2.75) is 0 Å². The van der Waals surface area contributed by atoms with E-state index < -0.39 is 0 Å². The maximum atomic E-state index is 13.4. The van der Waals surface area contributed by atoms with Gasteiger partial charge in [0.15, 0.2) is 17.2 Å². The number of rotatable bonds is 3. The third-order valence-electron chi connectivity index (χ3n) is 6.29. The number of nitrogens with zero attached hydrogens (tertiary/aromatic N) is 2. The van der Waals surface area contributed by atoms with Crippen LogP contribution in [0.2, 0.25) is 0 Å². The van der Waals surface area contributed by atoms with Crippen LogP contribution in [0.15, 0.2) is 95.9 Å². The number of hydrogen-bond acceptors (Lipinski definition) is 5. The zero-order valence-corrected chi connectivity index (χ0v) is 19.9. The average molecular weight is 489 g/mol. The number of hydrogen-bond donors (Lipinski definition) is 0. The van der Waals surface area contributed by atoms with Gasteiger partial charge in [-0.3, -0.25) is 14.2 Å². The van der Waals surface area contributed by atoms with Crippen LogP contribution in [0, 0.1) is 0 Å². The number of fused-ring (bicyclic) bond motifs is 3. The Balaban J connectivity index is 1.41. The zero-order valence-electron chi connectivity index (χ0n) is 18.3. The van der Waals surface area contributed by atoms with E-state index in [9.17, 15) is 9.59 Å². The summed E-state index contributed by atoms with van der Waals surface area (Å²) >= 11 is 3.27. The number of benzene rings is 3. The molecule has 0 saturated heterocycles. The van der Waals surface area contributed by atoms with Crippen molar-refractivity contribution in [3.63, 3.8) is 0 Å². The largest absolute Gasteiger partial charge is 0.294 e. The molecule has 0 N–H and O–H groups in total. The molecular formula is C29H16N2O2S2. The van der Waals surface area contributed by atoms with Gasteiger partial charge >= 0.3 is 0 Å². The summed E-state index contributed by atoms with van der Waals surface area (Å²) in [5.74, 6) is -0.459. The van der Waals surface area contributed by atoms with E-state index in [1.165, 1.54) is 0 Å². The molecule has 0 radical (unpaired) electrons. The summed E-state index contributed by atoms with van der Waals surface area (Å²) < 4.78 is 3.03. The molecule has 0 amide bonds. The van der Waals surface area contributed by atoms with Crippen molar-refractivity contribution in [3.8, 4) is 15.6 Å². The summed E-state index contributed by atoms with van der Waals surface area (Å²) in [6.07, 6.45) is 1.72. The second-order valence-corrected chi connectivity index (χ2v) is 10.4. The first-order chi connectivity index (χ1) is 17.2. The Kier molecular flexibility index (Phi) is 4.46. The van der Waals surface area contributed by atoms with Gasteiger partial charge in [-0.2, -0.15) is 0 Å². The predicted octanol–water partition coefficient (Wildman–Crippen LogP) is 7.43. The molecule has 0 aliphatic heterocycles. The molecule has 7 rings (SSSR count). The molecule has 166 valence electrons. The number of carbonyl (C=O) groups is 2. The number of aromatic nitrogens is 2. The van der Waals surface area contributed by atoms with Crippen LogP contribution in [0.1, 0.15) is 26.4 Å². The van der Waals surface area contributed by atoms with Crippen molar-refractivity contribution in [3.05, 3.63) is 113 Å². The third kappa shape index (κ3) is 3.15. The molecule has 0 atom stereocenters. The first-order valence-electron chi connectivity index (χ1n) is 11.1. The van der Waals surface area contributed by atoms with Gasteiger partial charge in [0.2, 0.25) is 0 Å². The van der Waals surface area contributed by atoms with Crippen LogP contribution >= 0.6 is 22.7 Å². The van der Waals surface area contributed by atoms with Crippen LogP contribution in [0.3, 0.4) is 0 Å². The highest BCUT2D eigenvalue weighted by molar-refractivity contribution is 7.25. The van der Waals surface area contributed by atoms with Gasteiger partial charge in [0.1, 0.15) is 5.01 Å². The van der Waals surface area contributed by atoms with Gasteiger partial charge in [0.05, 0.1) is 20.8 Å². The van der Waals surface area contributed by atoms with E-state index in [4.69, 9.17) is 4.98 Å². The van der Waals surface area contributed by atoms with Crippen LogP contribution < -0.4 is 0 Å². The molecule has 3 heterocycles. The van der Waals surface area contributed by atoms with Gasteiger partial charge in [0, 0.05) is 16.8 Å². The molecule has 35 heavy (non-hydrogen) atoms. The van der Waals surface area contributed by atoms with Crippen LogP contribution in [0.5, 0.6) is 0 Å². The smallest absolute Gasteiger partial charge is 0.197 e. The van der Waals surface area contributed by atoms with Crippen LogP contribution in [0.25, 0.3) is 42.8 Å². The van der Waals surface area contributed by atoms with Gasteiger partial charge in [-0.05, 0) is 58.6 Å². The first kappa shape index (κ1) is 20.3. The molecular weight excluding hydrogens is 472 g/mol. The molecule has 1 aliphatic carbocycles. The highest BCUT2D eigenvalue weighted by Gasteiger charge is 2.34. The normalized spacial score (nSPS) is 13.2. The molecule has 3 aromatic carbocycles. The van der Waals surface area contributed by atoms with E-state index in [2.05, 4.69) is 6.07 Å².